The molecule has 2 saturated heterocycles. The average Bonchev–Trinajstić information content (AvgIpc) is 2.67. The fourth-order valence-corrected chi connectivity index (χ4v) is 3.57. The quantitative estimate of drug-likeness (QED) is 0.715. The normalized spacial score (nSPS) is 18.2. The third-order valence-electron chi connectivity index (χ3n) is 5.26. The molecular weight excluding hydrogens is 385 g/mol. The van der Waals surface area contributed by atoms with Gasteiger partial charge < -0.3 is 15.4 Å². The highest BCUT2D eigenvalue weighted by molar-refractivity contribution is 5.85. The maximum atomic E-state index is 12.0. The number of ether oxygens (including phenoxy) is 1. The molecule has 0 aliphatic carbocycles. The van der Waals surface area contributed by atoms with E-state index >= 15 is 0 Å². The topological polar surface area (TPSA) is 53.6 Å². The van der Waals surface area contributed by atoms with E-state index in [-0.39, 0.29) is 30.7 Å². The van der Waals surface area contributed by atoms with Crippen LogP contribution in [-0.4, -0.2) is 50.2 Å². The molecule has 0 unspecified atom stereocenters. The lowest BCUT2D eigenvalue weighted by Crippen LogP contribution is -2.35. The molecule has 0 radical (unpaired) electrons. The number of rotatable bonds is 7. The van der Waals surface area contributed by atoms with E-state index < -0.39 is 0 Å². The number of benzene rings is 1. The van der Waals surface area contributed by atoms with Crippen LogP contribution in [0.3, 0.4) is 0 Å². The Kier molecular flexibility index (Phi) is 12.0. The summed E-state index contributed by atoms with van der Waals surface area (Å²) in [5.41, 5.74) is 2.49. The summed E-state index contributed by atoms with van der Waals surface area (Å²) in [5, 5.41) is 6.43. The van der Waals surface area contributed by atoms with Crippen LogP contribution in [0.4, 0.5) is 0 Å². The minimum Gasteiger partial charge on any atom is -0.379 e. The number of morpholine rings is 1. The zero-order chi connectivity index (χ0) is 17.3. The molecular formula is C20H33Cl2N3O2. The third kappa shape index (κ3) is 8.79. The number of nitrogens with one attached hydrogen (secondary N) is 2. The summed E-state index contributed by atoms with van der Waals surface area (Å²) in [6.45, 7) is 7.49. The van der Waals surface area contributed by atoms with Crippen molar-refractivity contribution in [1.29, 1.82) is 0 Å². The fourth-order valence-electron chi connectivity index (χ4n) is 3.57. The molecule has 0 saturated carbocycles. The third-order valence-corrected chi connectivity index (χ3v) is 5.26. The van der Waals surface area contributed by atoms with E-state index in [9.17, 15) is 4.79 Å². The minimum absolute atomic E-state index is 0. The van der Waals surface area contributed by atoms with E-state index in [0.29, 0.717) is 18.9 Å². The van der Waals surface area contributed by atoms with Gasteiger partial charge in [-0.15, -0.1) is 24.8 Å². The molecule has 0 atom stereocenters. The molecule has 2 N–H and O–H groups in total. The van der Waals surface area contributed by atoms with Crippen molar-refractivity contribution in [3.8, 4) is 0 Å². The van der Waals surface area contributed by atoms with E-state index in [4.69, 9.17) is 4.74 Å². The maximum absolute atomic E-state index is 12.0. The molecule has 154 valence electrons. The van der Waals surface area contributed by atoms with Crippen molar-refractivity contribution in [2.75, 3.05) is 39.4 Å². The maximum Gasteiger partial charge on any atom is 0.220 e. The molecule has 1 amide bonds. The molecule has 2 aliphatic rings. The standard InChI is InChI=1S/C20H31N3O2.2ClH/c24-20(6-5-17-7-9-21-10-8-17)22-15-18-1-3-19(4-2-18)16-23-11-13-25-14-12-23;;/h1-4,17,21H,5-16H2,(H,22,24);2*1H. The van der Waals surface area contributed by atoms with Crippen molar-refractivity contribution in [3.05, 3.63) is 35.4 Å². The van der Waals surface area contributed by atoms with Gasteiger partial charge in [0.25, 0.3) is 0 Å². The monoisotopic (exact) mass is 417 g/mol. The molecule has 0 spiro atoms. The van der Waals surface area contributed by atoms with Crippen LogP contribution in [0.25, 0.3) is 0 Å². The highest BCUT2D eigenvalue weighted by atomic mass is 35.5. The van der Waals surface area contributed by atoms with Gasteiger partial charge in [0, 0.05) is 32.6 Å². The van der Waals surface area contributed by atoms with Gasteiger partial charge in [-0.25, -0.2) is 0 Å². The zero-order valence-corrected chi connectivity index (χ0v) is 17.6. The number of amides is 1. The fraction of sp³-hybridized carbons (Fsp3) is 0.650. The van der Waals surface area contributed by atoms with Crippen molar-refractivity contribution in [1.82, 2.24) is 15.5 Å². The Morgan fingerprint density at radius 2 is 1.70 bits per heavy atom. The van der Waals surface area contributed by atoms with Gasteiger partial charge in [-0.1, -0.05) is 24.3 Å². The molecule has 0 bridgehead atoms. The Bertz CT molecular complexity index is 531. The summed E-state index contributed by atoms with van der Waals surface area (Å²) < 4.78 is 5.38. The molecule has 2 heterocycles. The van der Waals surface area contributed by atoms with Crippen molar-refractivity contribution >= 4 is 30.7 Å². The second-order valence-corrected chi connectivity index (χ2v) is 7.21. The lowest BCUT2D eigenvalue weighted by Gasteiger charge is -2.26. The second kappa shape index (κ2) is 13.3. The van der Waals surface area contributed by atoms with Crippen LogP contribution in [0.2, 0.25) is 0 Å². The first kappa shape index (κ1) is 24.2. The minimum atomic E-state index is 0. The van der Waals surface area contributed by atoms with Gasteiger partial charge in [-0.3, -0.25) is 9.69 Å². The van der Waals surface area contributed by atoms with Crippen LogP contribution in [0, 0.1) is 5.92 Å². The van der Waals surface area contributed by atoms with Crippen LogP contribution in [0.15, 0.2) is 24.3 Å². The molecule has 3 rings (SSSR count). The van der Waals surface area contributed by atoms with Crippen molar-refractivity contribution in [2.45, 2.75) is 38.8 Å². The van der Waals surface area contributed by atoms with Crippen LogP contribution in [0.1, 0.15) is 36.8 Å². The van der Waals surface area contributed by atoms with Crippen LogP contribution in [-0.2, 0) is 22.6 Å². The smallest absolute Gasteiger partial charge is 0.220 e. The first-order chi connectivity index (χ1) is 12.3. The number of piperidine rings is 1. The van der Waals surface area contributed by atoms with Gasteiger partial charge in [0.2, 0.25) is 5.91 Å². The van der Waals surface area contributed by atoms with Gasteiger partial charge in [0.05, 0.1) is 13.2 Å². The van der Waals surface area contributed by atoms with Crippen molar-refractivity contribution < 1.29 is 9.53 Å². The van der Waals surface area contributed by atoms with E-state index in [0.717, 1.165) is 52.4 Å². The van der Waals surface area contributed by atoms with Crippen molar-refractivity contribution in [2.24, 2.45) is 5.92 Å². The van der Waals surface area contributed by atoms with E-state index in [1.54, 1.807) is 0 Å². The van der Waals surface area contributed by atoms with Crippen LogP contribution >= 0.6 is 24.8 Å². The van der Waals surface area contributed by atoms with E-state index in [1.165, 1.54) is 24.0 Å². The molecule has 5 nitrogen and oxygen atoms in total. The molecule has 2 fully saturated rings. The van der Waals surface area contributed by atoms with Gasteiger partial charge in [-0.05, 0) is 49.4 Å². The molecule has 27 heavy (non-hydrogen) atoms. The summed E-state index contributed by atoms with van der Waals surface area (Å²) in [5.74, 6) is 0.891. The van der Waals surface area contributed by atoms with Crippen LogP contribution in [0.5, 0.6) is 0 Å². The predicted octanol–water partition coefficient (Wildman–Crippen LogP) is 2.76. The van der Waals surface area contributed by atoms with Crippen LogP contribution < -0.4 is 10.6 Å². The number of hydrogen-bond donors (Lipinski definition) is 2. The number of hydrogen-bond acceptors (Lipinski definition) is 4. The summed E-state index contributed by atoms with van der Waals surface area (Å²) in [7, 11) is 0. The van der Waals surface area contributed by atoms with E-state index in [1.807, 2.05) is 0 Å². The largest absolute Gasteiger partial charge is 0.379 e. The first-order valence-corrected chi connectivity index (χ1v) is 9.65. The second-order valence-electron chi connectivity index (χ2n) is 7.21. The van der Waals surface area contributed by atoms with E-state index in [2.05, 4.69) is 39.8 Å². The molecule has 1 aromatic carbocycles. The number of carbonyl (C=O) groups is 1. The highest BCUT2D eigenvalue weighted by Gasteiger charge is 2.14. The van der Waals surface area contributed by atoms with Gasteiger partial charge in [0.1, 0.15) is 0 Å². The molecule has 2 aliphatic heterocycles. The van der Waals surface area contributed by atoms with Gasteiger partial charge >= 0.3 is 0 Å². The summed E-state index contributed by atoms with van der Waals surface area (Å²) in [6, 6.07) is 8.60. The lowest BCUT2D eigenvalue weighted by molar-refractivity contribution is -0.121. The van der Waals surface area contributed by atoms with Gasteiger partial charge in [-0.2, -0.15) is 0 Å². The molecule has 0 aromatic heterocycles. The number of carbonyl (C=O) groups excluding carboxylic acids is 1. The Hall–Kier alpha value is -0.850. The van der Waals surface area contributed by atoms with Crippen molar-refractivity contribution in [3.63, 3.8) is 0 Å². The SMILES string of the molecule is Cl.Cl.O=C(CCC1CCNCC1)NCc1ccc(CN2CCOCC2)cc1. The summed E-state index contributed by atoms with van der Waals surface area (Å²) in [6.07, 6.45) is 4.08. The zero-order valence-electron chi connectivity index (χ0n) is 16.0. The summed E-state index contributed by atoms with van der Waals surface area (Å²) in [4.78, 5) is 14.5. The Morgan fingerprint density at radius 1 is 1.07 bits per heavy atom. The first-order valence-electron chi connectivity index (χ1n) is 9.65. The Morgan fingerprint density at radius 3 is 2.37 bits per heavy atom. The number of nitrogens with zero attached hydrogens (tertiary/aromatic N) is 1. The molecule has 7 heteroatoms. The summed E-state index contributed by atoms with van der Waals surface area (Å²) >= 11 is 0. The predicted molar refractivity (Wildman–Crippen MR) is 114 cm³/mol. The lowest BCUT2D eigenvalue weighted by atomic mass is 9.93. The Labute approximate surface area is 175 Å². The number of halogens is 2. The Balaban J connectivity index is 0.00000182. The van der Waals surface area contributed by atoms with Gasteiger partial charge in [0.15, 0.2) is 0 Å². The highest BCUT2D eigenvalue weighted by Crippen LogP contribution is 2.17. The molecule has 1 aromatic rings. The average molecular weight is 418 g/mol.